The molecule has 2 aromatic rings. The van der Waals surface area contributed by atoms with Gasteiger partial charge in [-0.15, -0.1) is 0 Å². The molecule has 0 saturated heterocycles. The number of hydrogen-bond acceptors (Lipinski definition) is 3. The summed E-state index contributed by atoms with van der Waals surface area (Å²) in [5, 5.41) is 6.85. The number of para-hydroxylation sites is 1. The van der Waals surface area contributed by atoms with E-state index in [4.69, 9.17) is 11.6 Å². The minimum atomic E-state index is -0.390. The van der Waals surface area contributed by atoms with E-state index in [1.807, 2.05) is 44.2 Å². The summed E-state index contributed by atoms with van der Waals surface area (Å²) < 4.78 is 1.76. The standard InChI is InChI=1S/C16H18ClN3O2/c1-11-15(16(22)18-10-6-9-14(17)21)12(2)20(19-11)13-7-4-3-5-8-13/h3-5,7-8H,6,9-10H2,1-2H3,(H,18,22). The average Bonchev–Trinajstić information content (AvgIpc) is 2.79. The Labute approximate surface area is 134 Å². The molecule has 0 aliphatic heterocycles. The van der Waals surface area contributed by atoms with Crippen molar-refractivity contribution in [3.63, 3.8) is 0 Å². The Hall–Kier alpha value is -2.14. The Kier molecular flexibility index (Phi) is 5.33. The Morgan fingerprint density at radius 1 is 1.23 bits per heavy atom. The Bertz CT molecular complexity index is 680. The van der Waals surface area contributed by atoms with Crippen LogP contribution in [0.3, 0.4) is 0 Å². The third-order valence-electron chi connectivity index (χ3n) is 3.35. The van der Waals surface area contributed by atoms with Gasteiger partial charge in [0.05, 0.1) is 22.6 Å². The van der Waals surface area contributed by atoms with Gasteiger partial charge in [0.1, 0.15) is 0 Å². The van der Waals surface area contributed by atoms with Gasteiger partial charge < -0.3 is 5.32 Å². The minimum absolute atomic E-state index is 0.181. The molecule has 0 saturated carbocycles. The SMILES string of the molecule is Cc1nn(-c2ccccc2)c(C)c1C(=O)NCCCC(=O)Cl. The van der Waals surface area contributed by atoms with Gasteiger partial charge >= 0.3 is 0 Å². The van der Waals surface area contributed by atoms with Crippen molar-refractivity contribution in [3.8, 4) is 5.69 Å². The van der Waals surface area contributed by atoms with E-state index in [1.54, 1.807) is 4.68 Å². The van der Waals surface area contributed by atoms with Gasteiger partial charge in [0.2, 0.25) is 5.24 Å². The lowest BCUT2D eigenvalue weighted by molar-refractivity contribution is -0.111. The van der Waals surface area contributed by atoms with Crippen LogP contribution in [0.4, 0.5) is 0 Å². The first-order valence-corrected chi connectivity index (χ1v) is 7.46. The van der Waals surface area contributed by atoms with Gasteiger partial charge in [0.15, 0.2) is 0 Å². The van der Waals surface area contributed by atoms with Gasteiger partial charge in [-0.05, 0) is 44.0 Å². The molecular weight excluding hydrogens is 302 g/mol. The summed E-state index contributed by atoms with van der Waals surface area (Å²) in [4.78, 5) is 23.0. The molecule has 1 aromatic carbocycles. The molecule has 0 bridgehead atoms. The van der Waals surface area contributed by atoms with Gasteiger partial charge in [-0.1, -0.05) is 18.2 Å². The number of nitrogens with zero attached hydrogens (tertiary/aromatic N) is 2. The molecule has 0 fully saturated rings. The molecule has 116 valence electrons. The van der Waals surface area contributed by atoms with E-state index in [-0.39, 0.29) is 12.3 Å². The second kappa shape index (κ2) is 7.22. The zero-order valence-electron chi connectivity index (χ0n) is 12.6. The number of carbonyl (C=O) groups excluding carboxylic acids is 2. The van der Waals surface area contributed by atoms with Crippen LogP contribution in [-0.2, 0) is 4.79 Å². The lowest BCUT2D eigenvalue weighted by Crippen LogP contribution is -2.25. The van der Waals surface area contributed by atoms with Gasteiger partial charge in [0.25, 0.3) is 5.91 Å². The second-order valence-electron chi connectivity index (χ2n) is 5.01. The minimum Gasteiger partial charge on any atom is -0.352 e. The first-order chi connectivity index (χ1) is 10.5. The monoisotopic (exact) mass is 319 g/mol. The second-order valence-corrected chi connectivity index (χ2v) is 5.43. The summed E-state index contributed by atoms with van der Waals surface area (Å²) in [5.74, 6) is -0.181. The largest absolute Gasteiger partial charge is 0.352 e. The summed E-state index contributed by atoms with van der Waals surface area (Å²) in [6.45, 7) is 4.08. The Morgan fingerprint density at radius 3 is 2.55 bits per heavy atom. The van der Waals surface area contributed by atoms with Crippen molar-refractivity contribution in [1.82, 2.24) is 15.1 Å². The molecule has 0 atom stereocenters. The smallest absolute Gasteiger partial charge is 0.255 e. The average molecular weight is 320 g/mol. The van der Waals surface area contributed by atoms with E-state index in [0.29, 0.717) is 24.2 Å². The highest BCUT2D eigenvalue weighted by atomic mass is 35.5. The van der Waals surface area contributed by atoms with E-state index in [9.17, 15) is 9.59 Å². The van der Waals surface area contributed by atoms with Crippen LogP contribution in [0.1, 0.15) is 34.6 Å². The number of rotatable bonds is 6. The van der Waals surface area contributed by atoms with Crippen LogP contribution >= 0.6 is 11.6 Å². The van der Waals surface area contributed by atoms with E-state index in [1.165, 1.54) is 0 Å². The molecule has 0 aliphatic rings. The molecule has 0 spiro atoms. The third-order valence-corrected chi connectivity index (χ3v) is 3.54. The van der Waals surface area contributed by atoms with Crippen LogP contribution in [0.2, 0.25) is 0 Å². The van der Waals surface area contributed by atoms with Crippen molar-refractivity contribution in [2.24, 2.45) is 0 Å². The predicted molar refractivity (Wildman–Crippen MR) is 85.5 cm³/mol. The molecule has 22 heavy (non-hydrogen) atoms. The summed E-state index contributed by atoms with van der Waals surface area (Å²) in [5.41, 5.74) is 2.94. The highest BCUT2D eigenvalue weighted by molar-refractivity contribution is 6.63. The molecule has 0 radical (unpaired) electrons. The number of benzene rings is 1. The normalized spacial score (nSPS) is 10.5. The highest BCUT2D eigenvalue weighted by Gasteiger charge is 2.18. The van der Waals surface area contributed by atoms with Crippen LogP contribution in [0.15, 0.2) is 30.3 Å². The number of aryl methyl sites for hydroxylation is 1. The van der Waals surface area contributed by atoms with E-state index in [2.05, 4.69) is 10.4 Å². The lowest BCUT2D eigenvalue weighted by atomic mass is 10.2. The number of aromatic nitrogens is 2. The van der Waals surface area contributed by atoms with Crippen molar-refractivity contribution in [2.45, 2.75) is 26.7 Å². The number of hydrogen-bond donors (Lipinski definition) is 1. The fraction of sp³-hybridized carbons (Fsp3) is 0.312. The van der Waals surface area contributed by atoms with Gasteiger partial charge in [-0.25, -0.2) is 4.68 Å². The molecule has 6 heteroatoms. The number of halogens is 1. The molecule has 5 nitrogen and oxygen atoms in total. The maximum Gasteiger partial charge on any atom is 0.255 e. The molecule has 1 aromatic heterocycles. The zero-order valence-corrected chi connectivity index (χ0v) is 13.4. The van der Waals surface area contributed by atoms with E-state index in [0.717, 1.165) is 11.4 Å². The number of carbonyl (C=O) groups is 2. The van der Waals surface area contributed by atoms with Crippen molar-refractivity contribution in [3.05, 3.63) is 47.3 Å². The van der Waals surface area contributed by atoms with Crippen LogP contribution in [0.25, 0.3) is 5.69 Å². The quantitative estimate of drug-likeness (QED) is 0.657. The topological polar surface area (TPSA) is 64.0 Å². The fourth-order valence-corrected chi connectivity index (χ4v) is 2.44. The van der Waals surface area contributed by atoms with Crippen LogP contribution in [-0.4, -0.2) is 27.5 Å². The number of amides is 1. The molecule has 1 heterocycles. The summed E-state index contributed by atoms with van der Waals surface area (Å²) in [6.07, 6.45) is 0.780. The van der Waals surface area contributed by atoms with E-state index < -0.39 is 5.24 Å². The predicted octanol–water partition coefficient (Wildman–Crippen LogP) is 2.76. The number of nitrogens with one attached hydrogen (secondary N) is 1. The maximum absolute atomic E-state index is 12.3. The lowest BCUT2D eigenvalue weighted by Gasteiger charge is -2.06. The zero-order chi connectivity index (χ0) is 16.1. The Morgan fingerprint density at radius 2 is 1.91 bits per heavy atom. The van der Waals surface area contributed by atoms with Crippen LogP contribution in [0, 0.1) is 13.8 Å². The fourth-order valence-electron chi connectivity index (χ4n) is 2.31. The van der Waals surface area contributed by atoms with Crippen LogP contribution in [0.5, 0.6) is 0 Å². The third kappa shape index (κ3) is 3.74. The molecule has 0 unspecified atom stereocenters. The summed E-state index contributed by atoms with van der Waals surface area (Å²) in [6, 6.07) is 9.66. The molecule has 1 amide bonds. The van der Waals surface area contributed by atoms with Gasteiger partial charge in [-0.2, -0.15) is 5.10 Å². The van der Waals surface area contributed by atoms with Gasteiger partial charge in [-0.3, -0.25) is 9.59 Å². The molecule has 2 rings (SSSR count). The van der Waals surface area contributed by atoms with E-state index >= 15 is 0 Å². The van der Waals surface area contributed by atoms with Crippen molar-refractivity contribution >= 4 is 22.8 Å². The van der Waals surface area contributed by atoms with Gasteiger partial charge in [0, 0.05) is 13.0 Å². The first kappa shape index (κ1) is 16.2. The van der Waals surface area contributed by atoms with Crippen molar-refractivity contribution in [2.75, 3.05) is 6.54 Å². The summed E-state index contributed by atoms with van der Waals surface area (Å²) in [7, 11) is 0. The maximum atomic E-state index is 12.3. The molecular formula is C16H18ClN3O2. The highest BCUT2D eigenvalue weighted by Crippen LogP contribution is 2.17. The Balaban J connectivity index is 2.13. The molecule has 0 aliphatic carbocycles. The van der Waals surface area contributed by atoms with Crippen LogP contribution < -0.4 is 5.32 Å². The summed E-state index contributed by atoms with van der Waals surface area (Å²) >= 11 is 5.27. The van der Waals surface area contributed by atoms with Crippen molar-refractivity contribution in [1.29, 1.82) is 0 Å². The first-order valence-electron chi connectivity index (χ1n) is 7.09. The molecule has 1 N–H and O–H groups in total. The van der Waals surface area contributed by atoms with Crippen molar-refractivity contribution < 1.29 is 9.59 Å².